The van der Waals surface area contributed by atoms with E-state index in [1.54, 1.807) is 0 Å². The molecule has 56 valence electrons. The Morgan fingerprint density at radius 2 is 1.60 bits per heavy atom. The van der Waals surface area contributed by atoms with Gasteiger partial charge in [-0.1, -0.05) is 0 Å². The first-order valence-corrected chi connectivity index (χ1v) is 2.49. The fourth-order valence-corrected chi connectivity index (χ4v) is 0.285. The second kappa shape index (κ2) is 5.60. The lowest BCUT2D eigenvalue weighted by atomic mass is 10.9. The second-order valence-electron chi connectivity index (χ2n) is 1.32. The minimum Gasteiger partial charge on any atom is -0.317 e. The summed E-state index contributed by atoms with van der Waals surface area (Å²) >= 11 is 0. The largest absolute Gasteiger partial charge is 0.317 e. The first-order valence-electron chi connectivity index (χ1n) is 2.49. The van der Waals surface area contributed by atoms with E-state index in [1.807, 2.05) is 0 Å². The van der Waals surface area contributed by atoms with E-state index in [-0.39, 0.29) is 13.3 Å². The molecule has 0 radical (unpaired) electrons. The molecule has 0 aliphatic heterocycles. The molecule has 0 saturated heterocycles. The van der Waals surface area contributed by atoms with Gasteiger partial charge in [0.1, 0.15) is 13.3 Å². The fourth-order valence-electron chi connectivity index (χ4n) is 0.285. The third-order valence-electron chi connectivity index (χ3n) is 0.637. The van der Waals surface area contributed by atoms with Crippen LogP contribution < -0.4 is 10.6 Å². The Labute approximate surface area is 57.2 Å². The van der Waals surface area contributed by atoms with Crippen LogP contribution in [-0.2, 0) is 0 Å². The van der Waals surface area contributed by atoms with Gasteiger partial charge in [0, 0.05) is 0 Å². The van der Waals surface area contributed by atoms with Crippen LogP contribution in [0.2, 0.25) is 0 Å². The molecular weight excluding hydrogens is 136 g/mol. The summed E-state index contributed by atoms with van der Waals surface area (Å²) in [5, 5.41) is 10.2. The number of rotatable bonds is 4. The highest BCUT2D eigenvalue weighted by molar-refractivity contribution is 5.73. The van der Waals surface area contributed by atoms with Crippen molar-refractivity contribution < 1.29 is 4.79 Å². The standard InChI is InChI=1S/C3H8N6O/c4-8-1-6-3(10)7-2-9-5/h4-5H,1-2H2,(H2,6,7,10). The van der Waals surface area contributed by atoms with Gasteiger partial charge in [-0.3, -0.25) is 0 Å². The molecule has 7 nitrogen and oxygen atoms in total. The molecule has 0 unspecified atom stereocenters. The molecule has 0 saturated carbocycles. The quantitative estimate of drug-likeness (QED) is 0.416. The first kappa shape index (κ1) is 8.47. The Kier molecular flexibility index (Phi) is 4.75. The van der Waals surface area contributed by atoms with Gasteiger partial charge in [-0.15, -0.1) is 0 Å². The lowest BCUT2D eigenvalue weighted by Crippen LogP contribution is -2.35. The van der Waals surface area contributed by atoms with Crippen molar-refractivity contribution in [2.45, 2.75) is 0 Å². The molecule has 0 aromatic heterocycles. The van der Waals surface area contributed by atoms with E-state index in [0.717, 1.165) is 0 Å². The van der Waals surface area contributed by atoms with Gasteiger partial charge in [0.2, 0.25) is 0 Å². The molecule has 0 spiro atoms. The molecule has 4 N–H and O–H groups in total. The van der Waals surface area contributed by atoms with Gasteiger partial charge in [0.05, 0.1) is 0 Å². The average molecular weight is 144 g/mol. The monoisotopic (exact) mass is 144 g/mol. The van der Waals surface area contributed by atoms with Crippen molar-refractivity contribution in [3.63, 3.8) is 0 Å². The smallest absolute Gasteiger partial charge is 0.317 e. The maximum atomic E-state index is 10.5. The highest BCUT2D eigenvalue weighted by atomic mass is 16.2. The van der Waals surface area contributed by atoms with Crippen LogP contribution in [0, 0.1) is 11.1 Å². The lowest BCUT2D eigenvalue weighted by Gasteiger charge is -1.99. The second-order valence-corrected chi connectivity index (χ2v) is 1.32. The number of carbonyl (C=O) groups is 1. The molecular formula is C3H8N6O. The van der Waals surface area contributed by atoms with E-state index in [4.69, 9.17) is 11.1 Å². The van der Waals surface area contributed by atoms with Gasteiger partial charge in [0.15, 0.2) is 0 Å². The molecule has 0 atom stereocenters. The number of urea groups is 1. The Morgan fingerprint density at radius 1 is 1.20 bits per heavy atom. The molecule has 0 bridgehead atoms. The molecule has 0 fully saturated rings. The summed E-state index contributed by atoms with van der Waals surface area (Å²) in [7, 11) is 0. The number of carbonyl (C=O) groups excluding carboxylic acids is 1. The summed E-state index contributed by atoms with van der Waals surface area (Å²) in [5.74, 6) is 0. The molecule has 2 amide bonds. The zero-order valence-electron chi connectivity index (χ0n) is 5.22. The van der Waals surface area contributed by atoms with E-state index >= 15 is 0 Å². The van der Waals surface area contributed by atoms with E-state index < -0.39 is 6.03 Å². The number of nitrogens with one attached hydrogen (secondary N) is 4. The van der Waals surface area contributed by atoms with Crippen LogP contribution in [0.15, 0.2) is 10.2 Å². The van der Waals surface area contributed by atoms with E-state index in [0.29, 0.717) is 0 Å². The zero-order valence-corrected chi connectivity index (χ0v) is 5.22. The Bertz CT molecular complexity index is 119. The third-order valence-corrected chi connectivity index (χ3v) is 0.637. The minimum absolute atomic E-state index is 0.0518. The maximum Gasteiger partial charge on any atom is 0.317 e. The van der Waals surface area contributed by atoms with Gasteiger partial charge in [0.25, 0.3) is 0 Å². The molecule has 0 rings (SSSR count). The summed E-state index contributed by atoms with van der Waals surface area (Å²) in [6.07, 6.45) is 0. The molecule has 0 aromatic carbocycles. The van der Waals surface area contributed by atoms with Crippen LogP contribution in [0.25, 0.3) is 0 Å². The third kappa shape index (κ3) is 4.62. The van der Waals surface area contributed by atoms with Crippen molar-refractivity contribution in [3.8, 4) is 0 Å². The normalized spacial score (nSPS) is 8.00. The van der Waals surface area contributed by atoms with Crippen LogP contribution in [0.5, 0.6) is 0 Å². The fraction of sp³-hybridized carbons (Fsp3) is 0.667. The summed E-state index contributed by atoms with van der Waals surface area (Å²) < 4.78 is 0. The van der Waals surface area contributed by atoms with Crippen LogP contribution in [-0.4, -0.2) is 19.4 Å². The SMILES string of the molecule is N=NCNC(=O)NCN=N. The van der Waals surface area contributed by atoms with E-state index in [1.165, 1.54) is 0 Å². The minimum atomic E-state index is -0.480. The number of hydrogen-bond donors (Lipinski definition) is 4. The van der Waals surface area contributed by atoms with Gasteiger partial charge in [-0.2, -0.15) is 10.2 Å². The molecule has 7 heteroatoms. The average Bonchev–Trinajstić information content (AvgIpc) is 1.97. The van der Waals surface area contributed by atoms with Crippen molar-refractivity contribution in [1.82, 2.24) is 10.6 Å². The Hall–Kier alpha value is -1.53. The highest BCUT2D eigenvalue weighted by Crippen LogP contribution is 1.65. The number of hydrogen-bond acceptors (Lipinski definition) is 5. The van der Waals surface area contributed by atoms with E-state index in [2.05, 4.69) is 20.9 Å². The van der Waals surface area contributed by atoms with Crippen molar-refractivity contribution in [2.75, 3.05) is 13.3 Å². The summed E-state index contributed by atoms with van der Waals surface area (Å²) in [4.78, 5) is 10.5. The molecule has 0 heterocycles. The summed E-state index contributed by atoms with van der Waals surface area (Å²) in [6, 6.07) is -0.480. The summed E-state index contributed by atoms with van der Waals surface area (Å²) in [5.41, 5.74) is 12.6. The zero-order chi connectivity index (χ0) is 7.82. The molecule has 0 aliphatic rings. The molecule has 0 aromatic rings. The van der Waals surface area contributed by atoms with Gasteiger partial charge in [-0.05, 0) is 0 Å². The van der Waals surface area contributed by atoms with Crippen molar-refractivity contribution in [2.24, 2.45) is 10.2 Å². The van der Waals surface area contributed by atoms with Crippen LogP contribution in [0.1, 0.15) is 0 Å². The maximum absolute atomic E-state index is 10.5. The van der Waals surface area contributed by atoms with Crippen molar-refractivity contribution in [3.05, 3.63) is 0 Å². The van der Waals surface area contributed by atoms with Gasteiger partial charge < -0.3 is 10.6 Å². The van der Waals surface area contributed by atoms with Gasteiger partial charge in [-0.25, -0.2) is 15.9 Å². The number of amides is 2. The first-order chi connectivity index (χ1) is 4.81. The lowest BCUT2D eigenvalue weighted by molar-refractivity contribution is 0.241. The van der Waals surface area contributed by atoms with Crippen molar-refractivity contribution >= 4 is 6.03 Å². The van der Waals surface area contributed by atoms with Crippen molar-refractivity contribution in [1.29, 1.82) is 11.1 Å². The predicted octanol–water partition coefficient (Wildman–Crippen LogP) is 0.263. The van der Waals surface area contributed by atoms with Crippen LogP contribution >= 0.6 is 0 Å². The topological polar surface area (TPSA) is 114 Å². The molecule has 10 heavy (non-hydrogen) atoms. The van der Waals surface area contributed by atoms with E-state index in [9.17, 15) is 4.79 Å². The predicted molar refractivity (Wildman–Crippen MR) is 31.7 cm³/mol. The summed E-state index contributed by atoms with van der Waals surface area (Å²) in [6.45, 7) is -0.104. The Balaban J connectivity index is 3.24. The Morgan fingerprint density at radius 3 is 1.90 bits per heavy atom. The number of nitrogens with zero attached hydrogens (tertiary/aromatic N) is 2. The molecule has 0 aliphatic carbocycles. The van der Waals surface area contributed by atoms with Crippen LogP contribution in [0.3, 0.4) is 0 Å². The highest BCUT2D eigenvalue weighted by Gasteiger charge is 1.93. The van der Waals surface area contributed by atoms with Gasteiger partial charge >= 0.3 is 6.03 Å². The van der Waals surface area contributed by atoms with Crippen LogP contribution in [0.4, 0.5) is 4.79 Å².